The summed E-state index contributed by atoms with van der Waals surface area (Å²) in [4.78, 5) is 0.353. The van der Waals surface area contributed by atoms with Crippen LogP contribution >= 0.6 is 23.8 Å². The van der Waals surface area contributed by atoms with Gasteiger partial charge in [-0.3, -0.25) is 0 Å². The van der Waals surface area contributed by atoms with Crippen LogP contribution in [0, 0.1) is 5.92 Å². The molecule has 0 aromatic heterocycles. The number of halogens is 1. The maximum atomic E-state index is 6.14. The van der Waals surface area contributed by atoms with E-state index >= 15 is 0 Å². The maximum absolute atomic E-state index is 6.14. The van der Waals surface area contributed by atoms with Gasteiger partial charge < -0.3 is 11.1 Å². The van der Waals surface area contributed by atoms with Crippen molar-refractivity contribution in [2.75, 3.05) is 11.9 Å². The summed E-state index contributed by atoms with van der Waals surface area (Å²) in [5.41, 5.74) is 7.46. The summed E-state index contributed by atoms with van der Waals surface area (Å²) in [5.74, 6) is 0.869. The summed E-state index contributed by atoms with van der Waals surface area (Å²) >= 11 is 11.2. The van der Waals surface area contributed by atoms with Crippen molar-refractivity contribution in [2.24, 2.45) is 11.7 Å². The van der Waals surface area contributed by atoms with E-state index in [0.717, 1.165) is 23.7 Å². The number of benzene rings is 1. The van der Waals surface area contributed by atoms with Crippen LogP contribution in [-0.2, 0) is 0 Å². The van der Waals surface area contributed by atoms with E-state index in [0.29, 0.717) is 10.0 Å². The maximum Gasteiger partial charge on any atom is 0.107 e. The molecule has 3 N–H and O–H groups in total. The molecule has 1 aromatic carbocycles. The first-order valence-corrected chi connectivity index (χ1v) is 7.79. The zero-order chi connectivity index (χ0) is 13.7. The Bertz CT molecular complexity index is 442. The minimum Gasteiger partial charge on any atom is -0.389 e. The average Bonchev–Trinajstić information content (AvgIpc) is 2.39. The van der Waals surface area contributed by atoms with Crippen LogP contribution in [0.4, 0.5) is 5.69 Å². The average molecular weight is 297 g/mol. The highest BCUT2D eigenvalue weighted by Crippen LogP contribution is 2.27. The summed E-state index contributed by atoms with van der Waals surface area (Å²) in [6, 6.07) is 5.73. The van der Waals surface area contributed by atoms with E-state index < -0.39 is 0 Å². The van der Waals surface area contributed by atoms with E-state index in [1.807, 2.05) is 18.2 Å². The number of nitrogens with one attached hydrogen (secondary N) is 1. The number of hydrogen-bond acceptors (Lipinski definition) is 2. The van der Waals surface area contributed by atoms with Crippen molar-refractivity contribution in [3.63, 3.8) is 0 Å². The van der Waals surface area contributed by atoms with Gasteiger partial charge in [-0.15, -0.1) is 0 Å². The van der Waals surface area contributed by atoms with Crippen LogP contribution in [0.1, 0.15) is 44.1 Å². The lowest BCUT2D eigenvalue weighted by molar-refractivity contribution is 0.345. The van der Waals surface area contributed by atoms with E-state index in [-0.39, 0.29) is 0 Å². The largest absolute Gasteiger partial charge is 0.389 e. The molecule has 0 spiro atoms. The van der Waals surface area contributed by atoms with Gasteiger partial charge in [-0.1, -0.05) is 62.0 Å². The molecule has 104 valence electrons. The highest BCUT2D eigenvalue weighted by Gasteiger charge is 2.14. The van der Waals surface area contributed by atoms with E-state index in [1.54, 1.807) is 0 Å². The summed E-state index contributed by atoms with van der Waals surface area (Å²) < 4.78 is 0. The third-order valence-corrected chi connectivity index (χ3v) is 4.37. The summed E-state index contributed by atoms with van der Waals surface area (Å²) in [7, 11) is 0. The fraction of sp³-hybridized carbons (Fsp3) is 0.533. The fourth-order valence-electron chi connectivity index (χ4n) is 2.81. The van der Waals surface area contributed by atoms with E-state index in [1.165, 1.54) is 38.5 Å². The second-order valence-corrected chi connectivity index (χ2v) is 6.09. The molecular weight excluding hydrogens is 276 g/mol. The van der Waals surface area contributed by atoms with Gasteiger partial charge in [-0.05, 0) is 24.5 Å². The molecule has 0 unspecified atom stereocenters. The Morgan fingerprint density at radius 3 is 2.74 bits per heavy atom. The number of rotatable bonds is 5. The summed E-state index contributed by atoms with van der Waals surface area (Å²) in [6.45, 7) is 0.959. The first kappa shape index (κ1) is 14.6. The number of hydrogen-bond donors (Lipinski definition) is 2. The topological polar surface area (TPSA) is 38.0 Å². The van der Waals surface area contributed by atoms with Crippen LogP contribution in [0.5, 0.6) is 0 Å². The van der Waals surface area contributed by atoms with Gasteiger partial charge in [-0.2, -0.15) is 0 Å². The zero-order valence-electron chi connectivity index (χ0n) is 11.1. The van der Waals surface area contributed by atoms with E-state index in [9.17, 15) is 0 Å². The van der Waals surface area contributed by atoms with Crippen LogP contribution in [0.25, 0.3) is 0 Å². The Labute approximate surface area is 125 Å². The third-order valence-electron chi connectivity index (χ3n) is 3.85. The standard InChI is InChI=1S/C15H21ClN2S/c16-12-7-4-8-13(14(12)15(17)19)18-10-9-11-5-2-1-3-6-11/h4,7-8,11,18H,1-3,5-6,9-10H2,(H2,17,19). The van der Waals surface area contributed by atoms with Crippen molar-refractivity contribution in [2.45, 2.75) is 38.5 Å². The minimum absolute atomic E-state index is 0.353. The lowest BCUT2D eigenvalue weighted by atomic mass is 9.87. The van der Waals surface area contributed by atoms with Crippen molar-refractivity contribution in [3.05, 3.63) is 28.8 Å². The van der Waals surface area contributed by atoms with Crippen LogP contribution < -0.4 is 11.1 Å². The zero-order valence-corrected chi connectivity index (χ0v) is 12.7. The highest BCUT2D eigenvalue weighted by atomic mass is 35.5. The predicted octanol–water partition coefficient (Wildman–Crippen LogP) is 4.36. The number of thiocarbonyl (C=S) groups is 1. The lowest BCUT2D eigenvalue weighted by Gasteiger charge is -2.22. The van der Waals surface area contributed by atoms with Gasteiger partial charge in [0.25, 0.3) is 0 Å². The van der Waals surface area contributed by atoms with Crippen molar-refractivity contribution >= 4 is 34.5 Å². The van der Waals surface area contributed by atoms with Gasteiger partial charge in [0.2, 0.25) is 0 Å². The molecule has 2 nitrogen and oxygen atoms in total. The Balaban J connectivity index is 1.92. The van der Waals surface area contributed by atoms with Crippen LogP contribution in [0.2, 0.25) is 5.02 Å². The van der Waals surface area contributed by atoms with Crippen molar-refractivity contribution in [3.8, 4) is 0 Å². The molecular formula is C15H21ClN2S. The Morgan fingerprint density at radius 2 is 2.05 bits per heavy atom. The normalized spacial score (nSPS) is 16.3. The quantitative estimate of drug-likeness (QED) is 0.793. The smallest absolute Gasteiger partial charge is 0.107 e. The molecule has 0 atom stereocenters. The second kappa shape index (κ2) is 7.11. The van der Waals surface area contributed by atoms with Gasteiger partial charge >= 0.3 is 0 Å². The molecule has 1 aliphatic carbocycles. The Hall–Kier alpha value is -0.800. The Morgan fingerprint density at radius 1 is 1.32 bits per heavy atom. The van der Waals surface area contributed by atoms with E-state index in [2.05, 4.69) is 5.32 Å². The molecule has 0 heterocycles. The van der Waals surface area contributed by atoms with Crippen molar-refractivity contribution < 1.29 is 0 Å². The van der Waals surface area contributed by atoms with Gasteiger partial charge in [-0.25, -0.2) is 0 Å². The first-order valence-electron chi connectivity index (χ1n) is 7.00. The monoisotopic (exact) mass is 296 g/mol. The van der Waals surface area contributed by atoms with E-state index in [4.69, 9.17) is 29.6 Å². The van der Waals surface area contributed by atoms with Crippen molar-refractivity contribution in [1.29, 1.82) is 0 Å². The molecule has 0 radical (unpaired) electrons. The highest BCUT2D eigenvalue weighted by molar-refractivity contribution is 7.80. The number of anilines is 1. The Kier molecular flexibility index (Phi) is 5.46. The van der Waals surface area contributed by atoms with Crippen LogP contribution in [0.15, 0.2) is 18.2 Å². The summed E-state index contributed by atoms with van der Waals surface area (Å²) in [6.07, 6.45) is 8.14. The first-order chi connectivity index (χ1) is 9.18. The predicted molar refractivity (Wildman–Crippen MR) is 87.0 cm³/mol. The molecule has 0 saturated heterocycles. The molecule has 4 heteroatoms. The molecule has 1 fully saturated rings. The number of nitrogens with two attached hydrogens (primary N) is 1. The van der Waals surface area contributed by atoms with Crippen LogP contribution in [0.3, 0.4) is 0 Å². The lowest BCUT2D eigenvalue weighted by Crippen LogP contribution is -2.16. The third kappa shape index (κ3) is 4.08. The SMILES string of the molecule is NC(=S)c1c(Cl)cccc1NCCC1CCCCC1. The summed E-state index contributed by atoms with van der Waals surface area (Å²) in [5, 5.41) is 4.05. The molecule has 0 amide bonds. The molecule has 1 aliphatic rings. The second-order valence-electron chi connectivity index (χ2n) is 5.25. The van der Waals surface area contributed by atoms with Gasteiger partial charge in [0.15, 0.2) is 0 Å². The minimum atomic E-state index is 0.353. The fourth-order valence-corrected chi connectivity index (χ4v) is 3.36. The molecule has 19 heavy (non-hydrogen) atoms. The van der Waals surface area contributed by atoms with Crippen LogP contribution in [-0.4, -0.2) is 11.5 Å². The van der Waals surface area contributed by atoms with Gasteiger partial charge in [0.1, 0.15) is 4.99 Å². The van der Waals surface area contributed by atoms with Gasteiger partial charge in [0, 0.05) is 12.2 Å². The molecule has 0 bridgehead atoms. The molecule has 1 aromatic rings. The van der Waals surface area contributed by atoms with Crippen molar-refractivity contribution in [1.82, 2.24) is 0 Å². The molecule has 2 rings (SSSR count). The molecule has 0 aliphatic heterocycles. The van der Waals surface area contributed by atoms with Gasteiger partial charge in [0.05, 0.1) is 10.6 Å². The molecule has 1 saturated carbocycles.